The number of amides is 1. The highest BCUT2D eigenvalue weighted by atomic mass is 16.5. The Morgan fingerprint density at radius 3 is 2.47 bits per heavy atom. The van der Waals surface area contributed by atoms with Crippen molar-refractivity contribution < 1.29 is 14.3 Å². The Kier molecular flexibility index (Phi) is 6.00. The second-order valence-electron chi connectivity index (χ2n) is 8.63. The molecule has 2 aromatic rings. The Bertz CT molecular complexity index is 870. The van der Waals surface area contributed by atoms with Gasteiger partial charge in [0, 0.05) is 31.9 Å². The summed E-state index contributed by atoms with van der Waals surface area (Å²) in [5.41, 5.74) is 3.04. The average molecular weight is 409 g/mol. The summed E-state index contributed by atoms with van der Waals surface area (Å²) < 4.78 is 11.7. The van der Waals surface area contributed by atoms with Crippen molar-refractivity contribution in [1.82, 2.24) is 4.90 Å². The quantitative estimate of drug-likeness (QED) is 0.748. The van der Waals surface area contributed by atoms with E-state index in [4.69, 9.17) is 9.47 Å². The van der Waals surface area contributed by atoms with E-state index >= 15 is 0 Å². The number of carbonyl (C=O) groups excluding carboxylic acids is 1. The molecule has 1 atom stereocenters. The van der Waals surface area contributed by atoms with Crippen LogP contribution >= 0.6 is 0 Å². The monoisotopic (exact) mass is 408 g/mol. The second-order valence-corrected chi connectivity index (χ2v) is 8.63. The van der Waals surface area contributed by atoms with Gasteiger partial charge in [-0.2, -0.15) is 0 Å². The fraction of sp³-hybridized carbons (Fsp3) is 0.480. The first kappa shape index (κ1) is 20.7. The molecule has 0 saturated carbocycles. The smallest absolute Gasteiger partial charge is 0.231 e. The Labute approximate surface area is 179 Å². The van der Waals surface area contributed by atoms with Crippen molar-refractivity contribution in [3.63, 3.8) is 0 Å². The van der Waals surface area contributed by atoms with Gasteiger partial charge in [0.15, 0.2) is 0 Å². The molecule has 2 aromatic carbocycles. The Hall–Kier alpha value is -2.53. The minimum atomic E-state index is -0.599. The van der Waals surface area contributed by atoms with Crippen LogP contribution in [0.4, 0.5) is 5.69 Å². The van der Waals surface area contributed by atoms with E-state index in [1.54, 1.807) is 0 Å². The molecule has 0 N–H and O–H groups in total. The number of rotatable bonds is 5. The van der Waals surface area contributed by atoms with Gasteiger partial charge in [0.25, 0.3) is 0 Å². The number of hydrogen-bond acceptors (Lipinski definition) is 4. The van der Waals surface area contributed by atoms with Gasteiger partial charge in [-0.05, 0) is 62.6 Å². The summed E-state index contributed by atoms with van der Waals surface area (Å²) in [5, 5.41) is 0. The highest BCUT2D eigenvalue weighted by Gasteiger charge is 2.43. The molecule has 0 spiro atoms. The topological polar surface area (TPSA) is 42.0 Å². The molecule has 0 radical (unpaired) electrons. The van der Waals surface area contributed by atoms with E-state index in [1.807, 2.05) is 43.9 Å². The van der Waals surface area contributed by atoms with Crippen LogP contribution in [0.2, 0.25) is 0 Å². The van der Waals surface area contributed by atoms with Crippen molar-refractivity contribution in [2.45, 2.75) is 33.3 Å². The summed E-state index contributed by atoms with van der Waals surface area (Å²) in [6.45, 7) is 10.5. The van der Waals surface area contributed by atoms with Crippen LogP contribution in [-0.4, -0.2) is 50.2 Å². The van der Waals surface area contributed by atoms with Crippen LogP contribution in [0.3, 0.4) is 0 Å². The van der Waals surface area contributed by atoms with Crippen molar-refractivity contribution in [2.75, 3.05) is 44.3 Å². The van der Waals surface area contributed by atoms with Crippen LogP contribution in [0.15, 0.2) is 48.5 Å². The number of ether oxygens (including phenoxy) is 2. The summed E-state index contributed by atoms with van der Waals surface area (Å²) in [5.74, 6) is 1.07. The molecule has 1 amide bonds. The van der Waals surface area contributed by atoms with Crippen molar-refractivity contribution in [2.24, 2.45) is 5.41 Å². The molecule has 0 aromatic heterocycles. The fourth-order valence-electron chi connectivity index (χ4n) is 4.60. The van der Waals surface area contributed by atoms with Crippen molar-refractivity contribution in [3.8, 4) is 5.75 Å². The maximum absolute atomic E-state index is 13.5. The van der Waals surface area contributed by atoms with E-state index in [9.17, 15) is 4.79 Å². The van der Waals surface area contributed by atoms with Gasteiger partial charge in [-0.3, -0.25) is 4.79 Å². The minimum Gasteiger partial charge on any atom is -0.494 e. The van der Waals surface area contributed by atoms with E-state index in [-0.39, 0.29) is 12.0 Å². The summed E-state index contributed by atoms with van der Waals surface area (Å²) in [6.07, 6.45) is 0.719. The van der Waals surface area contributed by atoms with E-state index in [0.717, 1.165) is 43.9 Å². The number of hydrogen-bond donors (Lipinski definition) is 0. The van der Waals surface area contributed by atoms with Gasteiger partial charge in [-0.25, -0.2) is 0 Å². The van der Waals surface area contributed by atoms with Gasteiger partial charge < -0.3 is 19.3 Å². The largest absolute Gasteiger partial charge is 0.494 e. The molecule has 5 nitrogen and oxygen atoms in total. The fourth-order valence-corrected chi connectivity index (χ4v) is 4.60. The van der Waals surface area contributed by atoms with Gasteiger partial charge in [0.2, 0.25) is 5.91 Å². The van der Waals surface area contributed by atoms with Crippen molar-refractivity contribution in [3.05, 3.63) is 59.7 Å². The minimum absolute atomic E-state index is 0.176. The molecule has 2 aliphatic heterocycles. The Balaban J connectivity index is 1.41. The first-order chi connectivity index (χ1) is 14.5. The molecule has 0 aliphatic carbocycles. The summed E-state index contributed by atoms with van der Waals surface area (Å²) in [6, 6.07) is 16.6. The highest BCUT2D eigenvalue weighted by Crippen LogP contribution is 2.42. The zero-order valence-corrected chi connectivity index (χ0v) is 18.3. The number of fused-ring (bicyclic) bond motifs is 1. The van der Waals surface area contributed by atoms with E-state index in [0.29, 0.717) is 13.2 Å². The molecule has 1 fully saturated rings. The van der Waals surface area contributed by atoms with E-state index in [1.165, 1.54) is 11.3 Å². The lowest BCUT2D eigenvalue weighted by atomic mass is 9.78. The van der Waals surface area contributed by atoms with Crippen LogP contribution in [0.1, 0.15) is 38.0 Å². The third-order valence-electron chi connectivity index (χ3n) is 6.28. The van der Waals surface area contributed by atoms with E-state index in [2.05, 4.69) is 35.2 Å². The maximum atomic E-state index is 13.5. The third-order valence-corrected chi connectivity index (χ3v) is 6.28. The number of anilines is 1. The van der Waals surface area contributed by atoms with Crippen molar-refractivity contribution in [1.29, 1.82) is 0 Å². The molecule has 30 heavy (non-hydrogen) atoms. The predicted octanol–water partition coefficient (Wildman–Crippen LogP) is 4.07. The van der Waals surface area contributed by atoms with Gasteiger partial charge in [0.1, 0.15) is 5.75 Å². The molecule has 160 valence electrons. The second kappa shape index (κ2) is 8.68. The first-order valence-electron chi connectivity index (χ1n) is 11.0. The molecule has 1 unspecified atom stereocenters. The number of benzene rings is 2. The lowest BCUT2D eigenvalue weighted by Gasteiger charge is -2.43. The molecule has 0 bridgehead atoms. The molecule has 2 aliphatic rings. The summed E-state index contributed by atoms with van der Waals surface area (Å²) >= 11 is 0. The van der Waals surface area contributed by atoms with Crippen LogP contribution in [-0.2, 0) is 16.0 Å². The molecule has 1 saturated heterocycles. The zero-order valence-electron chi connectivity index (χ0n) is 18.3. The summed E-state index contributed by atoms with van der Waals surface area (Å²) in [4.78, 5) is 17.8. The van der Waals surface area contributed by atoms with Gasteiger partial charge in [-0.15, -0.1) is 0 Å². The molecule has 4 rings (SSSR count). The Morgan fingerprint density at radius 2 is 1.77 bits per heavy atom. The molecule has 5 heteroatoms. The average Bonchev–Trinajstić information content (AvgIpc) is 2.79. The van der Waals surface area contributed by atoms with E-state index < -0.39 is 5.41 Å². The first-order valence-corrected chi connectivity index (χ1v) is 11.0. The maximum Gasteiger partial charge on any atom is 0.231 e. The highest BCUT2D eigenvalue weighted by molar-refractivity contribution is 5.83. The SMILES string of the molecule is CCOc1ccc(N2CCN(C(=O)C(C)(C)C3OCCc4ccccc43)CC2)cc1. The number of piperazine rings is 1. The standard InChI is InChI=1S/C25H32N2O3/c1-4-29-21-11-9-20(10-12-21)26-14-16-27(17-15-26)24(28)25(2,3)23-22-8-6-5-7-19(22)13-18-30-23/h5-12,23H,4,13-18H2,1-3H3. The van der Waals surface area contributed by atoms with Crippen LogP contribution < -0.4 is 9.64 Å². The summed E-state index contributed by atoms with van der Waals surface area (Å²) in [7, 11) is 0. The van der Waals surface area contributed by atoms with Crippen LogP contribution in [0.25, 0.3) is 0 Å². The molecular formula is C25H32N2O3. The Morgan fingerprint density at radius 1 is 1.07 bits per heavy atom. The van der Waals surface area contributed by atoms with Crippen molar-refractivity contribution >= 4 is 11.6 Å². The lowest BCUT2D eigenvalue weighted by molar-refractivity contribution is -0.151. The van der Waals surface area contributed by atoms with Crippen LogP contribution in [0, 0.1) is 5.41 Å². The van der Waals surface area contributed by atoms with Gasteiger partial charge in [0.05, 0.1) is 24.7 Å². The van der Waals surface area contributed by atoms with Gasteiger partial charge >= 0.3 is 0 Å². The third kappa shape index (κ3) is 4.04. The number of carbonyl (C=O) groups is 1. The predicted molar refractivity (Wildman–Crippen MR) is 119 cm³/mol. The lowest BCUT2D eigenvalue weighted by Crippen LogP contribution is -2.53. The molecule has 2 heterocycles. The normalized spacial score (nSPS) is 19.4. The zero-order chi connectivity index (χ0) is 21.1. The van der Waals surface area contributed by atoms with Crippen LogP contribution in [0.5, 0.6) is 5.75 Å². The van der Waals surface area contributed by atoms with Gasteiger partial charge in [-0.1, -0.05) is 24.3 Å². The number of nitrogens with zero attached hydrogens (tertiary/aromatic N) is 2. The molecular weight excluding hydrogens is 376 g/mol.